The Labute approximate surface area is 118 Å². The molecule has 1 aromatic heterocycles. The van der Waals surface area contributed by atoms with Gasteiger partial charge in [0.15, 0.2) is 0 Å². The standard InChI is InChI=1S/C16H18N2O2/c1-4-18(10-11(2)3)15-9-13(16(19)20)12-7-5-6-8-14(12)17-15/h5-9H,2,4,10H2,1,3H3,(H,19,20). The van der Waals surface area contributed by atoms with Crippen LogP contribution in [-0.4, -0.2) is 29.1 Å². The number of carbonyl (C=O) groups is 1. The zero-order chi connectivity index (χ0) is 14.7. The molecule has 20 heavy (non-hydrogen) atoms. The molecule has 0 fully saturated rings. The van der Waals surface area contributed by atoms with Crippen LogP contribution in [0, 0.1) is 0 Å². The van der Waals surface area contributed by atoms with Gasteiger partial charge in [-0.2, -0.15) is 0 Å². The van der Waals surface area contributed by atoms with Crippen molar-refractivity contribution in [2.24, 2.45) is 0 Å². The molecule has 4 heteroatoms. The Kier molecular flexibility index (Phi) is 4.03. The van der Waals surface area contributed by atoms with Gasteiger partial charge in [0.2, 0.25) is 0 Å². The van der Waals surface area contributed by atoms with E-state index in [0.717, 1.165) is 12.1 Å². The van der Waals surface area contributed by atoms with Crippen LogP contribution >= 0.6 is 0 Å². The predicted molar refractivity (Wildman–Crippen MR) is 81.4 cm³/mol. The van der Waals surface area contributed by atoms with Gasteiger partial charge in [-0.1, -0.05) is 30.4 Å². The molecule has 1 N–H and O–H groups in total. The number of fused-ring (bicyclic) bond motifs is 1. The van der Waals surface area contributed by atoms with Gasteiger partial charge in [-0.05, 0) is 26.0 Å². The van der Waals surface area contributed by atoms with Gasteiger partial charge in [0.1, 0.15) is 5.82 Å². The zero-order valence-corrected chi connectivity index (χ0v) is 11.8. The maximum absolute atomic E-state index is 11.4. The fourth-order valence-electron chi connectivity index (χ4n) is 2.18. The lowest BCUT2D eigenvalue weighted by Crippen LogP contribution is -2.25. The molecule has 104 valence electrons. The van der Waals surface area contributed by atoms with Crippen LogP contribution in [0.5, 0.6) is 0 Å². The topological polar surface area (TPSA) is 53.4 Å². The second-order valence-corrected chi connectivity index (χ2v) is 4.82. The molecule has 4 nitrogen and oxygen atoms in total. The van der Waals surface area contributed by atoms with Crippen LogP contribution in [0.3, 0.4) is 0 Å². The third kappa shape index (κ3) is 2.79. The first-order valence-electron chi connectivity index (χ1n) is 6.55. The van der Waals surface area contributed by atoms with Crippen LogP contribution in [0.2, 0.25) is 0 Å². The summed E-state index contributed by atoms with van der Waals surface area (Å²) < 4.78 is 0. The number of pyridine rings is 1. The maximum atomic E-state index is 11.4. The number of para-hydroxylation sites is 1. The third-order valence-electron chi connectivity index (χ3n) is 3.10. The molecule has 0 aliphatic rings. The van der Waals surface area contributed by atoms with Crippen LogP contribution in [0.4, 0.5) is 5.82 Å². The second kappa shape index (κ2) is 5.74. The SMILES string of the molecule is C=C(C)CN(CC)c1cc(C(=O)O)c2ccccc2n1. The lowest BCUT2D eigenvalue weighted by atomic mass is 10.1. The Hall–Kier alpha value is -2.36. The highest BCUT2D eigenvalue weighted by molar-refractivity contribution is 6.03. The van der Waals surface area contributed by atoms with Crippen molar-refractivity contribution in [3.8, 4) is 0 Å². The van der Waals surface area contributed by atoms with E-state index in [0.29, 0.717) is 23.3 Å². The fraction of sp³-hybridized carbons (Fsp3) is 0.250. The first-order valence-corrected chi connectivity index (χ1v) is 6.55. The third-order valence-corrected chi connectivity index (χ3v) is 3.10. The molecule has 0 radical (unpaired) electrons. The largest absolute Gasteiger partial charge is 0.478 e. The summed E-state index contributed by atoms with van der Waals surface area (Å²) in [7, 11) is 0. The predicted octanol–water partition coefficient (Wildman–Crippen LogP) is 3.34. The van der Waals surface area contributed by atoms with Crippen LogP contribution < -0.4 is 4.90 Å². The van der Waals surface area contributed by atoms with E-state index in [4.69, 9.17) is 0 Å². The van der Waals surface area contributed by atoms with Gasteiger partial charge in [0, 0.05) is 18.5 Å². The first kappa shape index (κ1) is 14.1. The number of likely N-dealkylation sites (N-methyl/N-ethyl adjacent to an activating group) is 1. The minimum Gasteiger partial charge on any atom is -0.478 e. The molecule has 0 spiro atoms. The molecule has 0 aliphatic carbocycles. The molecule has 0 amide bonds. The van der Waals surface area contributed by atoms with Gasteiger partial charge in [-0.25, -0.2) is 9.78 Å². The smallest absolute Gasteiger partial charge is 0.336 e. The molecule has 0 saturated carbocycles. The number of carboxylic acid groups (broad SMARTS) is 1. The highest BCUT2D eigenvalue weighted by Crippen LogP contribution is 2.23. The van der Waals surface area contributed by atoms with E-state index in [1.165, 1.54) is 0 Å². The molecule has 0 aliphatic heterocycles. The number of aromatic nitrogens is 1. The Morgan fingerprint density at radius 2 is 2.10 bits per heavy atom. The first-order chi connectivity index (χ1) is 9.52. The van der Waals surface area contributed by atoms with Gasteiger partial charge in [0.25, 0.3) is 0 Å². The average molecular weight is 270 g/mol. The summed E-state index contributed by atoms with van der Waals surface area (Å²) in [6.07, 6.45) is 0. The van der Waals surface area contributed by atoms with Crippen molar-refractivity contribution in [1.82, 2.24) is 4.98 Å². The number of benzene rings is 1. The van der Waals surface area contributed by atoms with Crippen LogP contribution in [0.1, 0.15) is 24.2 Å². The van der Waals surface area contributed by atoms with Crippen LogP contribution in [0.15, 0.2) is 42.5 Å². The number of hydrogen-bond acceptors (Lipinski definition) is 3. The number of hydrogen-bond donors (Lipinski definition) is 1. The molecular formula is C16H18N2O2. The number of nitrogens with zero attached hydrogens (tertiary/aromatic N) is 2. The highest BCUT2D eigenvalue weighted by atomic mass is 16.4. The molecule has 0 bridgehead atoms. The van der Waals surface area contributed by atoms with Crippen molar-refractivity contribution in [1.29, 1.82) is 0 Å². The summed E-state index contributed by atoms with van der Waals surface area (Å²) in [6.45, 7) is 9.28. The zero-order valence-electron chi connectivity index (χ0n) is 11.8. The van der Waals surface area contributed by atoms with Crippen molar-refractivity contribution in [2.45, 2.75) is 13.8 Å². The summed E-state index contributed by atoms with van der Waals surface area (Å²) in [5.41, 5.74) is 1.99. The normalized spacial score (nSPS) is 10.5. The molecule has 0 atom stereocenters. The molecule has 2 aromatic rings. The molecule has 2 rings (SSSR count). The summed E-state index contributed by atoms with van der Waals surface area (Å²) in [4.78, 5) is 18.0. The van der Waals surface area contributed by atoms with E-state index in [1.807, 2.05) is 36.9 Å². The number of carboxylic acids is 1. The average Bonchev–Trinajstić information content (AvgIpc) is 2.43. The van der Waals surface area contributed by atoms with E-state index in [9.17, 15) is 9.90 Å². The summed E-state index contributed by atoms with van der Waals surface area (Å²) in [5, 5.41) is 10.0. The summed E-state index contributed by atoms with van der Waals surface area (Å²) in [5.74, 6) is -0.261. The minimum absolute atomic E-state index is 0.283. The van der Waals surface area contributed by atoms with E-state index in [-0.39, 0.29) is 5.56 Å². The van der Waals surface area contributed by atoms with Crippen molar-refractivity contribution < 1.29 is 9.90 Å². The maximum Gasteiger partial charge on any atom is 0.336 e. The Balaban J connectivity index is 2.59. The van der Waals surface area contributed by atoms with Gasteiger partial charge >= 0.3 is 5.97 Å². The monoisotopic (exact) mass is 270 g/mol. The van der Waals surface area contributed by atoms with E-state index < -0.39 is 5.97 Å². The van der Waals surface area contributed by atoms with Crippen molar-refractivity contribution >= 4 is 22.7 Å². The molecule has 1 heterocycles. The lowest BCUT2D eigenvalue weighted by molar-refractivity contribution is 0.0699. The minimum atomic E-state index is -0.934. The van der Waals surface area contributed by atoms with Gasteiger partial charge < -0.3 is 10.0 Å². The molecule has 1 aromatic carbocycles. The van der Waals surface area contributed by atoms with Gasteiger partial charge in [-0.3, -0.25) is 0 Å². The van der Waals surface area contributed by atoms with E-state index in [2.05, 4.69) is 11.6 Å². The Morgan fingerprint density at radius 1 is 1.40 bits per heavy atom. The van der Waals surface area contributed by atoms with Crippen LogP contribution in [-0.2, 0) is 0 Å². The summed E-state index contributed by atoms with van der Waals surface area (Å²) >= 11 is 0. The van der Waals surface area contributed by atoms with Crippen molar-refractivity contribution in [3.05, 3.63) is 48.0 Å². The van der Waals surface area contributed by atoms with E-state index >= 15 is 0 Å². The van der Waals surface area contributed by atoms with Crippen molar-refractivity contribution in [2.75, 3.05) is 18.0 Å². The summed E-state index contributed by atoms with van der Waals surface area (Å²) in [6, 6.07) is 8.93. The Morgan fingerprint density at radius 3 is 2.70 bits per heavy atom. The molecular weight excluding hydrogens is 252 g/mol. The number of aromatic carboxylic acids is 1. The highest BCUT2D eigenvalue weighted by Gasteiger charge is 2.14. The van der Waals surface area contributed by atoms with Gasteiger partial charge in [-0.15, -0.1) is 0 Å². The quantitative estimate of drug-likeness (QED) is 0.847. The molecule has 0 saturated heterocycles. The number of anilines is 1. The Bertz CT molecular complexity index is 665. The van der Waals surface area contributed by atoms with Gasteiger partial charge in [0.05, 0.1) is 11.1 Å². The number of rotatable bonds is 5. The van der Waals surface area contributed by atoms with E-state index in [1.54, 1.807) is 12.1 Å². The lowest BCUT2D eigenvalue weighted by Gasteiger charge is -2.23. The molecule has 0 unspecified atom stereocenters. The fourth-order valence-corrected chi connectivity index (χ4v) is 2.18. The van der Waals surface area contributed by atoms with Crippen molar-refractivity contribution in [3.63, 3.8) is 0 Å². The van der Waals surface area contributed by atoms with Crippen LogP contribution in [0.25, 0.3) is 10.9 Å². The second-order valence-electron chi connectivity index (χ2n) is 4.82.